The lowest BCUT2D eigenvalue weighted by Crippen LogP contribution is -2.14. The molecule has 1 nitrogen and oxygen atoms in total. The van der Waals surface area contributed by atoms with Crippen LogP contribution in [-0.2, 0) is 0 Å². The van der Waals surface area contributed by atoms with Crippen molar-refractivity contribution in [1.29, 1.82) is 0 Å². The fourth-order valence-electron chi connectivity index (χ4n) is 4.37. The normalized spacial score (nSPS) is 21.5. The molecular weight excluding hydrogens is 323 g/mol. The van der Waals surface area contributed by atoms with Crippen LogP contribution in [0.1, 0.15) is 109 Å². The summed E-state index contributed by atoms with van der Waals surface area (Å²) in [7, 11) is 0. The molecule has 2 rings (SSSR count). The van der Waals surface area contributed by atoms with Crippen molar-refractivity contribution in [3.05, 3.63) is 29.6 Å². The van der Waals surface area contributed by atoms with Crippen molar-refractivity contribution in [2.45, 2.75) is 110 Å². The molecule has 1 atom stereocenters. The third kappa shape index (κ3) is 6.93. The van der Waals surface area contributed by atoms with Crippen molar-refractivity contribution in [2.24, 2.45) is 5.92 Å². The highest BCUT2D eigenvalue weighted by Crippen LogP contribution is 2.38. The van der Waals surface area contributed by atoms with Crippen molar-refractivity contribution >= 4 is 0 Å². The lowest BCUT2D eigenvalue weighted by Gasteiger charge is -2.29. The molecule has 0 spiro atoms. The first kappa shape index (κ1) is 21.3. The summed E-state index contributed by atoms with van der Waals surface area (Å²) in [4.78, 5) is 0. The maximum atomic E-state index is 14.4. The first-order chi connectivity index (χ1) is 12.6. The van der Waals surface area contributed by atoms with Gasteiger partial charge in [-0.05, 0) is 68.6 Å². The third-order valence-corrected chi connectivity index (χ3v) is 6.01. The minimum absolute atomic E-state index is 0.0770. The molecule has 0 saturated heterocycles. The van der Waals surface area contributed by atoms with Gasteiger partial charge in [0, 0.05) is 0 Å². The van der Waals surface area contributed by atoms with Crippen LogP contribution >= 0.6 is 0 Å². The number of ether oxygens (including phenoxy) is 1. The van der Waals surface area contributed by atoms with Crippen molar-refractivity contribution in [2.75, 3.05) is 0 Å². The Hall–Kier alpha value is -1.05. The molecule has 0 amide bonds. The molecule has 0 bridgehead atoms. The Kier molecular flexibility index (Phi) is 9.50. The molecule has 1 fully saturated rings. The summed E-state index contributed by atoms with van der Waals surface area (Å²) >= 11 is 0. The standard InChI is InChI=1S/C24H39FO/c1-4-6-7-8-9-11-20-12-14-21(15-13-20)22-16-17-24(23(25)18-22)26-19(3)10-5-2/h16-21H,4-15H2,1-3H3/t19?,20-,21-. The molecule has 0 radical (unpaired) electrons. The maximum absolute atomic E-state index is 14.4. The van der Waals surface area contributed by atoms with Crippen LogP contribution in [0, 0.1) is 11.7 Å². The largest absolute Gasteiger partial charge is 0.488 e. The van der Waals surface area contributed by atoms with Gasteiger partial charge in [0.1, 0.15) is 0 Å². The molecule has 2 heteroatoms. The number of rotatable bonds is 11. The summed E-state index contributed by atoms with van der Waals surface area (Å²) in [6.07, 6.45) is 15.4. The van der Waals surface area contributed by atoms with E-state index in [1.54, 1.807) is 6.07 Å². The molecular formula is C24H39FO. The van der Waals surface area contributed by atoms with E-state index in [0.717, 1.165) is 18.8 Å². The molecule has 1 unspecified atom stereocenters. The monoisotopic (exact) mass is 362 g/mol. The Bertz CT molecular complexity index is 505. The third-order valence-electron chi connectivity index (χ3n) is 6.01. The Morgan fingerprint density at radius 3 is 2.38 bits per heavy atom. The van der Waals surface area contributed by atoms with Crippen molar-refractivity contribution < 1.29 is 9.13 Å². The molecule has 1 saturated carbocycles. The second-order valence-electron chi connectivity index (χ2n) is 8.33. The van der Waals surface area contributed by atoms with E-state index >= 15 is 0 Å². The summed E-state index contributed by atoms with van der Waals surface area (Å²) in [5.74, 6) is 1.65. The van der Waals surface area contributed by atoms with Crippen LogP contribution < -0.4 is 4.74 Å². The van der Waals surface area contributed by atoms with Gasteiger partial charge in [-0.25, -0.2) is 4.39 Å². The molecule has 1 aliphatic rings. The average Bonchev–Trinajstić information content (AvgIpc) is 2.64. The topological polar surface area (TPSA) is 9.23 Å². The molecule has 0 aromatic heterocycles. The molecule has 0 heterocycles. The van der Waals surface area contributed by atoms with Gasteiger partial charge in [-0.1, -0.05) is 64.9 Å². The van der Waals surface area contributed by atoms with Crippen LogP contribution in [0.15, 0.2) is 18.2 Å². The van der Waals surface area contributed by atoms with E-state index in [9.17, 15) is 4.39 Å². The second kappa shape index (κ2) is 11.6. The Balaban J connectivity index is 1.77. The number of hydrogen-bond donors (Lipinski definition) is 0. The summed E-state index contributed by atoms with van der Waals surface area (Å²) in [5, 5.41) is 0. The van der Waals surface area contributed by atoms with Crippen molar-refractivity contribution in [3.63, 3.8) is 0 Å². The van der Waals surface area contributed by atoms with Crippen LogP contribution in [0.25, 0.3) is 0 Å². The zero-order valence-corrected chi connectivity index (χ0v) is 17.2. The van der Waals surface area contributed by atoms with E-state index in [1.807, 2.05) is 13.0 Å². The van der Waals surface area contributed by atoms with Crippen LogP contribution in [-0.4, -0.2) is 6.10 Å². The van der Waals surface area contributed by atoms with Crippen LogP contribution in [0.4, 0.5) is 4.39 Å². The number of benzene rings is 1. The highest BCUT2D eigenvalue weighted by molar-refractivity contribution is 5.31. The Labute approximate surface area is 160 Å². The predicted molar refractivity (Wildman–Crippen MR) is 109 cm³/mol. The number of unbranched alkanes of at least 4 members (excludes halogenated alkanes) is 4. The highest BCUT2D eigenvalue weighted by atomic mass is 19.1. The van der Waals surface area contributed by atoms with Gasteiger partial charge in [0.2, 0.25) is 0 Å². The van der Waals surface area contributed by atoms with Gasteiger partial charge in [-0.3, -0.25) is 0 Å². The second-order valence-corrected chi connectivity index (χ2v) is 8.33. The summed E-state index contributed by atoms with van der Waals surface area (Å²) in [6.45, 7) is 6.41. The van der Waals surface area contributed by atoms with Crippen LogP contribution in [0.5, 0.6) is 5.75 Å². The first-order valence-electron chi connectivity index (χ1n) is 11.1. The molecule has 0 N–H and O–H groups in total. The quantitative estimate of drug-likeness (QED) is 0.362. The van der Waals surface area contributed by atoms with E-state index in [-0.39, 0.29) is 11.9 Å². The minimum atomic E-state index is -0.191. The van der Waals surface area contributed by atoms with Gasteiger partial charge in [-0.2, -0.15) is 0 Å². The smallest absolute Gasteiger partial charge is 0.165 e. The molecule has 148 valence electrons. The van der Waals surface area contributed by atoms with Gasteiger partial charge in [0.15, 0.2) is 11.6 Å². The van der Waals surface area contributed by atoms with Gasteiger partial charge in [0.25, 0.3) is 0 Å². The van der Waals surface area contributed by atoms with Gasteiger partial charge in [0.05, 0.1) is 6.10 Å². The Morgan fingerprint density at radius 1 is 1.00 bits per heavy atom. The number of hydrogen-bond acceptors (Lipinski definition) is 1. The minimum Gasteiger partial charge on any atom is -0.488 e. The number of halogens is 1. The van der Waals surface area contributed by atoms with E-state index in [0.29, 0.717) is 11.7 Å². The summed E-state index contributed by atoms with van der Waals surface area (Å²) in [5.41, 5.74) is 1.17. The van der Waals surface area contributed by atoms with Crippen LogP contribution in [0.3, 0.4) is 0 Å². The van der Waals surface area contributed by atoms with Gasteiger partial charge in [-0.15, -0.1) is 0 Å². The SMILES string of the molecule is CCCCCCC[C@H]1CC[C@H](c2ccc(OC(C)CCC)c(F)c2)CC1. The zero-order valence-electron chi connectivity index (χ0n) is 17.2. The lowest BCUT2D eigenvalue weighted by molar-refractivity contribution is 0.200. The first-order valence-corrected chi connectivity index (χ1v) is 11.1. The maximum Gasteiger partial charge on any atom is 0.165 e. The Morgan fingerprint density at radius 2 is 1.73 bits per heavy atom. The molecule has 1 aliphatic carbocycles. The van der Waals surface area contributed by atoms with E-state index in [1.165, 1.54) is 69.8 Å². The fraction of sp³-hybridized carbons (Fsp3) is 0.750. The molecule has 1 aromatic carbocycles. The lowest BCUT2D eigenvalue weighted by atomic mass is 9.77. The summed E-state index contributed by atoms with van der Waals surface area (Å²) < 4.78 is 20.2. The predicted octanol–water partition coefficient (Wildman–Crippen LogP) is 8.03. The van der Waals surface area contributed by atoms with Crippen LogP contribution in [0.2, 0.25) is 0 Å². The molecule has 26 heavy (non-hydrogen) atoms. The van der Waals surface area contributed by atoms with Gasteiger partial charge >= 0.3 is 0 Å². The van der Waals surface area contributed by atoms with Gasteiger partial charge < -0.3 is 4.74 Å². The van der Waals surface area contributed by atoms with E-state index < -0.39 is 0 Å². The van der Waals surface area contributed by atoms with E-state index in [4.69, 9.17) is 4.74 Å². The average molecular weight is 363 g/mol. The highest BCUT2D eigenvalue weighted by Gasteiger charge is 2.23. The zero-order chi connectivity index (χ0) is 18.8. The van der Waals surface area contributed by atoms with Crippen molar-refractivity contribution in [3.8, 4) is 5.75 Å². The fourth-order valence-corrected chi connectivity index (χ4v) is 4.37. The van der Waals surface area contributed by atoms with Crippen molar-refractivity contribution in [1.82, 2.24) is 0 Å². The molecule has 1 aromatic rings. The van der Waals surface area contributed by atoms with E-state index in [2.05, 4.69) is 19.9 Å². The molecule has 0 aliphatic heterocycles. The summed E-state index contributed by atoms with van der Waals surface area (Å²) in [6, 6.07) is 5.66.